The number of nitrogens with zero attached hydrogens (tertiary/aromatic N) is 4. The van der Waals surface area contributed by atoms with Gasteiger partial charge in [0.2, 0.25) is 5.91 Å². The van der Waals surface area contributed by atoms with E-state index in [2.05, 4.69) is 70.1 Å². The van der Waals surface area contributed by atoms with Gasteiger partial charge < -0.3 is 30.1 Å². The smallest absolute Gasteiger partial charge is 0.389 e. The van der Waals surface area contributed by atoms with E-state index in [1.807, 2.05) is 43.3 Å². The minimum absolute atomic E-state index is 0.0411. The van der Waals surface area contributed by atoms with Crippen molar-refractivity contribution in [1.29, 1.82) is 0 Å². The molecule has 2 aromatic heterocycles. The summed E-state index contributed by atoms with van der Waals surface area (Å²) in [5.74, 6) is -0.0569. The molecular weight excluding hydrogens is 998 g/mol. The fourth-order valence-corrected chi connectivity index (χ4v) is 17.6. The maximum absolute atomic E-state index is 14.3. The van der Waals surface area contributed by atoms with Gasteiger partial charge in [-0.15, -0.1) is 0 Å². The fraction of sp³-hybridized carbons (Fsp3) is 0.652. The number of β-amino-alcohol motifs (C(OH)–C–C–N with tert-alkyl or cyclic N) is 1. The number of carbonyl (C=O) groups is 1. The van der Waals surface area contributed by atoms with E-state index in [1.54, 1.807) is 0 Å². The third-order valence-corrected chi connectivity index (χ3v) is 21.6. The summed E-state index contributed by atoms with van der Waals surface area (Å²) in [6.07, 6.45) is 17.7. The number of amides is 1. The monoisotopic (exact) mass is 1080 g/mol. The van der Waals surface area contributed by atoms with Crippen molar-refractivity contribution in [2.45, 2.75) is 219 Å². The zero-order valence-corrected chi connectivity index (χ0v) is 47.0. The van der Waals surface area contributed by atoms with Gasteiger partial charge in [0, 0.05) is 92.0 Å². The molecule has 13 heteroatoms. The first-order chi connectivity index (χ1) is 38.1. The van der Waals surface area contributed by atoms with Gasteiger partial charge in [-0.25, -0.2) is 0 Å². The van der Waals surface area contributed by atoms with Crippen molar-refractivity contribution in [2.24, 2.45) is 5.41 Å². The largest absolute Gasteiger partial charge is 0.395 e. The van der Waals surface area contributed by atoms with Crippen LogP contribution in [0.1, 0.15) is 223 Å². The number of alkyl halides is 3. The molecule has 9 aliphatic rings. The molecule has 1 amide bonds. The lowest BCUT2D eigenvalue weighted by atomic mass is 9.67. The second-order valence-electron chi connectivity index (χ2n) is 27.2. The van der Waals surface area contributed by atoms with Crippen LogP contribution in [0.5, 0.6) is 0 Å². The molecule has 0 radical (unpaired) electrons. The van der Waals surface area contributed by atoms with Crippen LogP contribution in [-0.4, -0.2) is 99.7 Å². The Morgan fingerprint density at radius 2 is 1.33 bits per heavy atom. The van der Waals surface area contributed by atoms with Crippen molar-refractivity contribution >= 4 is 5.91 Å². The molecule has 5 fully saturated rings. The lowest BCUT2D eigenvalue weighted by molar-refractivity contribution is -0.193. The van der Waals surface area contributed by atoms with Gasteiger partial charge in [0.1, 0.15) is 0 Å². The summed E-state index contributed by atoms with van der Waals surface area (Å²) >= 11 is 0. The van der Waals surface area contributed by atoms with E-state index in [0.29, 0.717) is 32.2 Å². The lowest BCUT2D eigenvalue weighted by Crippen LogP contribution is -2.48. The van der Waals surface area contributed by atoms with Crippen LogP contribution in [-0.2, 0) is 37.9 Å². The standard InChI is InChI=1S/C66H85F3N6O4/c1-60(2,77)44-74-34-19-45-10-9-11-49-51(14-16-53(74)58(45)49)70-32-27-62(56-13-4-8-31-73-56)29-37-79-65(43-62)23-18-47(40-65)48-38-46-20-35-75(57(76)41-63(24-25-63)66(67,68)69)54-17-15-52(50(39-48)59(46)54)71-33-26-61(55-12-3-7-30-72-55)28-36-78-64(42-61)21-5-6-22-64/h3-4,7-13,30-31,38-39,47,51-54,70-71,77H,5-6,14-29,32-37,40-44H2,1-2H3/t47?,51?,52?,53?,54?,61-,62-,65?/m1/s1. The van der Waals surface area contributed by atoms with E-state index < -0.39 is 23.6 Å². The molecule has 0 bridgehead atoms. The number of ether oxygens (including phenoxy) is 2. The Labute approximate surface area is 466 Å². The van der Waals surface area contributed by atoms with Crippen LogP contribution in [0, 0.1) is 5.41 Å². The lowest BCUT2D eigenvalue weighted by Gasteiger charge is -2.47. The number of nitrogens with one attached hydrogen (secondary N) is 2. The molecule has 8 atom stereocenters. The highest BCUT2D eigenvalue weighted by atomic mass is 19.4. The summed E-state index contributed by atoms with van der Waals surface area (Å²) in [6.45, 7) is 9.07. The van der Waals surface area contributed by atoms with Gasteiger partial charge in [-0.2, -0.15) is 13.2 Å². The summed E-state index contributed by atoms with van der Waals surface area (Å²) in [5.41, 5.74) is 8.47. The molecule has 2 aromatic carbocycles. The van der Waals surface area contributed by atoms with Gasteiger partial charge >= 0.3 is 6.18 Å². The molecule has 3 N–H and O–H groups in total. The van der Waals surface area contributed by atoms with Gasteiger partial charge in [0.05, 0.1) is 28.3 Å². The Hall–Kier alpha value is -4.24. The number of aromatic nitrogens is 2. The minimum atomic E-state index is -4.37. The van der Waals surface area contributed by atoms with Crippen LogP contribution in [0.2, 0.25) is 0 Å². The zero-order chi connectivity index (χ0) is 54.3. The van der Waals surface area contributed by atoms with Gasteiger partial charge in [-0.05, 0) is 218 Å². The molecule has 6 unspecified atom stereocenters. The van der Waals surface area contributed by atoms with Gasteiger partial charge in [-0.1, -0.05) is 55.3 Å². The molecule has 10 nitrogen and oxygen atoms in total. The van der Waals surface area contributed by atoms with Crippen molar-refractivity contribution in [3.05, 3.63) is 129 Å². The molecule has 3 saturated carbocycles. The topological polar surface area (TPSA) is 112 Å². The number of halogens is 3. The molecular formula is C66H85F3N6O4. The van der Waals surface area contributed by atoms with Crippen molar-refractivity contribution in [2.75, 3.05) is 45.9 Å². The number of hydrogen-bond acceptors (Lipinski definition) is 9. The van der Waals surface area contributed by atoms with Crippen LogP contribution in [0.15, 0.2) is 79.1 Å². The average molecular weight is 1080 g/mol. The number of benzene rings is 2. The molecule has 79 heavy (non-hydrogen) atoms. The predicted molar refractivity (Wildman–Crippen MR) is 300 cm³/mol. The maximum Gasteiger partial charge on any atom is 0.395 e. The highest BCUT2D eigenvalue weighted by molar-refractivity contribution is 5.79. The second kappa shape index (κ2) is 20.9. The van der Waals surface area contributed by atoms with Crippen LogP contribution in [0.3, 0.4) is 0 Å². The van der Waals surface area contributed by atoms with Crippen LogP contribution >= 0.6 is 0 Å². The Bertz CT molecular complexity index is 2850. The highest BCUT2D eigenvalue weighted by Gasteiger charge is 2.64. The number of rotatable bonds is 15. The Kier molecular flexibility index (Phi) is 14.3. The summed E-state index contributed by atoms with van der Waals surface area (Å²) in [7, 11) is 0. The molecule has 5 aliphatic carbocycles. The van der Waals surface area contributed by atoms with E-state index in [0.717, 1.165) is 140 Å². The molecule has 2 saturated heterocycles. The van der Waals surface area contributed by atoms with Crippen LogP contribution < -0.4 is 10.6 Å². The predicted octanol–water partition coefficient (Wildman–Crippen LogP) is 12.5. The quantitative estimate of drug-likeness (QED) is 0.107. The third-order valence-electron chi connectivity index (χ3n) is 21.6. The molecule has 2 spiro atoms. The maximum atomic E-state index is 14.3. The number of carbonyl (C=O) groups excluding carboxylic acids is 1. The average Bonchev–Trinajstić information content (AvgIpc) is 3.99. The normalized spacial score (nSPS) is 31.8. The first-order valence-electron chi connectivity index (χ1n) is 30.8. The van der Waals surface area contributed by atoms with Gasteiger partial charge in [0.25, 0.3) is 0 Å². The van der Waals surface area contributed by atoms with E-state index in [1.165, 1.54) is 51.8 Å². The van der Waals surface area contributed by atoms with Gasteiger partial charge in [-0.3, -0.25) is 19.7 Å². The molecule has 13 rings (SSSR count). The molecule has 424 valence electrons. The number of pyridine rings is 2. The van der Waals surface area contributed by atoms with Crippen LogP contribution in [0.4, 0.5) is 13.2 Å². The molecule has 4 aliphatic heterocycles. The SMILES string of the molecule is CC(C)(O)CN1CCc2cccc3c2C1CCC3NCC[C@@]1(c2ccccn2)CCOC2(CCC(c3cc4c5c(c3)C(NCC[C@@]3(c6ccccn6)CCOC6(CCCC6)C3)CCC5N(C(=O)CC3(C(F)(F)F)CC3)CC4)C2)C1. The van der Waals surface area contributed by atoms with Crippen molar-refractivity contribution < 1.29 is 32.5 Å². The first-order valence-corrected chi connectivity index (χ1v) is 30.8. The van der Waals surface area contributed by atoms with Crippen molar-refractivity contribution in [3.8, 4) is 0 Å². The Balaban J connectivity index is 0.757. The van der Waals surface area contributed by atoms with Crippen molar-refractivity contribution in [3.63, 3.8) is 0 Å². The summed E-state index contributed by atoms with van der Waals surface area (Å²) in [6, 6.07) is 25.0. The van der Waals surface area contributed by atoms with E-state index >= 15 is 0 Å². The zero-order valence-electron chi connectivity index (χ0n) is 47.0. The Morgan fingerprint density at radius 1 is 0.696 bits per heavy atom. The van der Waals surface area contributed by atoms with E-state index in [4.69, 9.17) is 19.4 Å². The van der Waals surface area contributed by atoms with E-state index in [-0.39, 0.29) is 64.8 Å². The molecule has 4 aromatic rings. The molecule has 6 heterocycles. The van der Waals surface area contributed by atoms with Gasteiger partial charge in [0.15, 0.2) is 0 Å². The number of aliphatic hydroxyl groups is 1. The fourth-order valence-electron chi connectivity index (χ4n) is 17.6. The first kappa shape index (κ1) is 54.0. The van der Waals surface area contributed by atoms with Crippen molar-refractivity contribution in [1.82, 2.24) is 30.4 Å². The summed E-state index contributed by atoms with van der Waals surface area (Å²) in [5, 5.41) is 19.1. The number of hydrogen-bond donors (Lipinski definition) is 3. The summed E-state index contributed by atoms with van der Waals surface area (Å²) in [4.78, 5) is 28.6. The Morgan fingerprint density at radius 3 is 1.97 bits per heavy atom. The highest BCUT2D eigenvalue weighted by Crippen LogP contribution is 2.61. The van der Waals surface area contributed by atoms with E-state index in [9.17, 15) is 23.1 Å². The summed E-state index contributed by atoms with van der Waals surface area (Å²) < 4.78 is 56.7. The van der Waals surface area contributed by atoms with Crippen LogP contribution in [0.25, 0.3) is 0 Å². The third kappa shape index (κ3) is 10.3. The second-order valence-corrected chi connectivity index (χ2v) is 27.2. The minimum Gasteiger partial charge on any atom is -0.389 e.